The minimum Gasteiger partial charge on any atom is -0.444 e. The predicted octanol–water partition coefficient (Wildman–Crippen LogP) is 4.27. The number of fused-ring (bicyclic) bond motifs is 1. The normalized spacial score (nSPS) is 12.6. The molecule has 0 aliphatic carbocycles. The molecule has 1 amide bonds. The number of ether oxygens (including phenoxy) is 1. The van der Waals surface area contributed by atoms with E-state index < -0.39 is 29.1 Å². The Balaban J connectivity index is 2.21. The van der Waals surface area contributed by atoms with Crippen LogP contribution in [0.1, 0.15) is 39.6 Å². The third-order valence-corrected chi connectivity index (χ3v) is 4.64. The lowest BCUT2D eigenvalue weighted by Gasteiger charge is -2.23. The van der Waals surface area contributed by atoms with Crippen LogP contribution >= 0.6 is 15.9 Å². The molecule has 9 heteroatoms. The van der Waals surface area contributed by atoms with Crippen molar-refractivity contribution in [3.05, 3.63) is 63.1 Å². The monoisotopic (exact) mass is 462 g/mol. The summed E-state index contributed by atoms with van der Waals surface area (Å²) in [5.74, 6) is -0.484. The van der Waals surface area contributed by atoms with E-state index in [-0.39, 0.29) is 16.7 Å². The molecule has 0 saturated carbocycles. The lowest BCUT2D eigenvalue weighted by Crippen LogP contribution is -2.37. The minimum atomic E-state index is -0.750. The van der Waals surface area contributed by atoms with Crippen LogP contribution in [0.25, 0.3) is 16.6 Å². The molecule has 0 spiro atoms. The summed E-state index contributed by atoms with van der Waals surface area (Å²) in [6.45, 7) is 6.86. The largest absolute Gasteiger partial charge is 0.444 e. The lowest BCUT2D eigenvalue weighted by atomic mass is 10.2. The Morgan fingerprint density at radius 2 is 2.03 bits per heavy atom. The smallest absolute Gasteiger partial charge is 0.408 e. The van der Waals surface area contributed by atoms with Crippen molar-refractivity contribution in [2.75, 3.05) is 0 Å². The maximum absolute atomic E-state index is 14.5. The second-order valence-corrected chi connectivity index (χ2v) is 8.30. The Morgan fingerprint density at radius 3 is 2.66 bits per heavy atom. The number of pyridine rings is 1. The molecule has 3 aromatic rings. The SMILES string of the molecule is CC(NC(=O)OC(C)(C)C)c1nc2c(F)ccc(Br)c2c(=O)n1-c1cccnc1. The average molecular weight is 463 g/mol. The van der Waals surface area contributed by atoms with Gasteiger partial charge in [0.15, 0.2) is 0 Å². The van der Waals surface area contributed by atoms with Crippen LogP contribution in [-0.4, -0.2) is 26.2 Å². The molecule has 152 valence electrons. The number of hydrogen-bond acceptors (Lipinski definition) is 5. The predicted molar refractivity (Wildman–Crippen MR) is 111 cm³/mol. The second kappa shape index (κ2) is 7.90. The van der Waals surface area contributed by atoms with Crippen molar-refractivity contribution in [3.63, 3.8) is 0 Å². The molecule has 0 fully saturated rings. The molecule has 29 heavy (non-hydrogen) atoms. The zero-order valence-electron chi connectivity index (χ0n) is 16.4. The molecule has 0 bridgehead atoms. The summed E-state index contributed by atoms with van der Waals surface area (Å²) in [6.07, 6.45) is 2.39. The molecule has 1 unspecified atom stereocenters. The van der Waals surface area contributed by atoms with Gasteiger partial charge in [0, 0.05) is 10.7 Å². The maximum Gasteiger partial charge on any atom is 0.408 e. The van der Waals surface area contributed by atoms with Crippen LogP contribution in [0.3, 0.4) is 0 Å². The van der Waals surface area contributed by atoms with Crippen LogP contribution in [-0.2, 0) is 4.74 Å². The van der Waals surface area contributed by atoms with Gasteiger partial charge in [-0.05, 0) is 67.9 Å². The summed E-state index contributed by atoms with van der Waals surface area (Å²) in [5.41, 5.74) is -0.823. The molecule has 0 aliphatic heterocycles. The fraction of sp³-hybridized carbons (Fsp3) is 0.300. The standard InChI is InChI=1S/C20H20BrFN4O3/c1-11(24-19(28)29-20(2,3)4)17-25-16-14(22)8-7-13(21)15(16)18(27)26(17)12-6-5-9-23-10-12/h5-11H,1-4H3,(H,24,28). The van der Waals surface area contributed by atoms with Gasteiger partial charge in [-0.25, -0.2) is 14.2 Å². The summed E-state index contributed by atoms with van der Waals surface area (Å²) in [6, 6.07) is 5.28. The number of carbonyl (C=O) groups excluding carboxylic acids is 1. The first-order valence-electron chi connectivity index (χ1n) is 8.89. The molecule has 1 aromatic carbocycles. The molecule has 2 heterocycles. The first-order chi connectivity index (χ1) is 13.6. The average Bonchev–Trinajstić information content (AvgIpc) is 2.63. The summed E-state index contributed by atoms with van der Waals surface area (Å²) < 4.78 is 21.5. The maximum atomic E-state index is 14.5. The molecule has 3 rings (SSSR count). The van der Waals surface area contributed by atoms with Crippen molar-refractivity contribution in [2.45, 2.75) is 39.3 Å². The molecule has 1 N–H and O–H groups in total. The van der Waals surface area contributed by atoms with Gasteiger partial charge in [-0.2, -0.15) is 0 Å². The number of halogens is 2. The van der Waals surface area contributed by atoms with Crippen molar-refractivity contribution in [2.24, 2.45) is 0 Å². The van der Waals surface area contributed by atoms with Gasteiger partial charge >= 0.3 is 6.09 Å². The Labute approximate surface area is 175 Å². The van der Waals surface area contributed by atoms with Crippen LogP contribution in [0.15, 0.2) is 45.9 Å². The Bertz CT molecular complexity index is 1130. The molecule has 7 nitrogen and oxygen atoms in total. The van der Waals surface area contributed by atoms with Crippen molar-refractivity contribution in [1.82, 2.24) is 19.9 Å². The van der Waals surface area contributed by atoms with E-state index in [0.29, 0.717) is 10.2 Å². The number of amides is 1. The van der Waals surface area contributed by atoms with Crippen LogP contribution in [0.5, 0.6) is 0 Å². The Morgan fingerprint density at radius 1 is 1.31 bits per heavy atom. The number of aromatic nitrogens is 3. The topological polar surface area (TPSA) is 86.1 Å². The number of alkyl carbamates (subject to hydrolysis) is 1. The molecule has 0 aliphatic rings. The summed E-state index contributed by atoms with van der Waals surface area (Å²) >= 11 is 3.30. The number of benzene rings is 1. The highest BCUT2D eigenvalue weighted by Gasteiger charge is 2.24. The quantitative estimate of drug-likeness (QED) is 0.627. The van der Waals surface area contributed by atoms with Crippen molar-refractivity contribution < 1.29 is 13.9 Å². The molecule has 2 aromatic heterocycles. The molecule has 1 atom stereocenters. The number of carbonyl (C=O) groups is 1. The van der Waals surface area contributed by atoms with E-state index in [9.17, 15) is 14.0 Å². The summed E-state index contributed by atoms with van der Waals surface area (Å²) in [7, 11) is 0. The van der Waals surface area contributed by atoms with E-state index in [1.165, 1.54) is 22.9 Å². The number of nitrogens with one attached hydrogen (secondary N) is 1. The lowest BCUT2D eigenvalue weighted by molar-refractivity contribution is 0.0505. The zero-order valence-corrected chi connectivity index (χ0v) is 17.9. The zero-order chi connectivity index (χ0) is 21.3. The summed E-state index contributed by atoms with van der Waals surface area (Å²) in [4.78, 5) is 33.9. The first kappa shape index (κ1) is 20.9. The van der Waals surface area contributed by atoms with Gasteiger partial charge in [0.1, 0.15) is 22.8 Å². The molecular weight excluding hydrogens is 443 g/mol. The fourth-order valence-electron chi connectivity index (χ4n) is 2.81. The van der Waals surface area contributed by atoms with E-state index in [1.807, 2.05) is 0 Å². The highest BCUT2D eigenvalue weighted by atomic mass is 79.9. The van der Waals surface area contributed by atoms with Crippen molar-refractivity contribution in [1.29, 1.82) is 0 Å². The summed E-state index contributed by atoms with van der Waals surface area (Å²) in [5, 5.41) is 2.75. The van der Waals surface area contributed by atoms with E-state index in [2.05, 4.69) is 31.2 Å². The second-order valence-electron chi connectivity index (χ2n) is 7.44. The van der Waals surface area contributed by atoms with Crippen LogP contribution in [0.4, 0.5) is 9.18 Å². The molecular formula is C20H20BrFN4O3. The third kappa shape index (κ3) is 4.45. The van der Waals surface area contributed by atoms with Gasteiger partial charge in [0.25, 0.3) is 5.56 Å². The van der Waals surface area contributed by atoms with Gasteiger partial charge in [-0.15, -0.1) is 0 Å². The van der Waals surface area contributed by atoms with Gasteiger partial charge < -0.3 is 10.1 Å². The van der Waals surface area contributed by atoms with Crippen LogP contribution in [0, 0.1) is 5.82 Å². The van der Waals surface area contributed by atoms with E-state index in [0.717, 1.165) is 0 Å². The van der Waals surface area contributed by atoms with Gasteiger partial charge in [-0.3, -0.25) is 14.3 Å². The minimum absolute atomic E-state index is 0.0858. The van der Waals surface area contributed by atoms with Crippen molar-refractivity contribution in [3.8, 4) is 5.69 Å². The van der Waals surface area contributed by atoms with E-state index >= 15 is 0 Å². The van der Waals surface area contributed by atoms with Gasteiger partial charge in [0.2, 0.25) is 0 Å². The number of hydrogen-bond donors (Lipinski definition) is 1. The van der Waals surface area contributed by atoms with Gasteiger partial charge in [0.05, 0.1) is 23.3 Å². The fourth-order valence-corrected chi connectivity index (χ4v) is 3.30. The Kier molecular flexibility index (Phi) is 5.70. The molecule has 0 radical (unpaired) electrons. The molecule has 0 saturated heterocycles. The van der Waals surface area contributed by atoms with Crippen LogP contribution < -0.4 is 10.9 Å². The van der Waals surface area contributed by atoms with Gasteiger partial charge in [-0.1, -0.05) is 0 Å². The van der Waals surface area contributed by atoms with Crippen LogP contribution in [0.2, 0.25) is 0 Å². The third-order valence-electron chi connectivity index (χ3n) is 3.97. The van der Waals surface area contributed by atoms with Crippen molar-refractivity contribution >= 4 is 32.9 Å². The first-order valence-corrected chi connectivity index (χ1v) is 9.68. The highest BCUT2D eigenvalue weighted by Crippen LogP contribution is 2.25. The van der Waals surface area contributed by atoms with E-state index in [1.54, 1.807) is 46.0 Å². The number of rotatable bonds is 3. The van der Waals surface area contributed by atoms with E-state index in [4.69, 9.17) is 4.74 Å². The number of nitrogens with zero attached hydrogens (tertiary/aromatic N) is 3. The highest BCUT2D eigenvalue weighted by molar-refractivity contribution is 9.10. The Hall–Kier alpha value is -2.81.